The smallest absolute Gasteiger partial charge is 0.261 e. The van der Waals surface area contributed by atoms with E-state index in [4.69, 9.17) is 27.9 Å². The SMILES string of the molecule is CCOc1ccc2nc(N(CCCN(C)C)C(=O)c3cc(Cl)ccc3Cl)sc2c1. The van der Waals surface area contributed by atoms with Crippen molar-refractivity contribution < 1.29 is 9.53 Å². The molecular formula is C21H23Cl2N3O2S. The van der Waals surface area contributed by atoms with Crippen molar-refractivity contribution in [1.82, 2.24) is 9.88 Å². The zero-order chi connectivity index (χ0) is 21.0. The number of carbonyl (C=O) groups is 1. The molecule has 1 amide bonds. The molecule has 0 unspecified atom stereocenters. The molecule has 0 saturated heterocycles. The van der Waals surface area contributed by atoms with E-state index in [0.29, 0.717) is 33.9 Å². The molecule has 3 aromatic rings. The maximum Gasteiger partial charge on any atom is 0.261 e. The lowest BCUT2D eigenvalue weighted by Gasteiger charge is -2.21. The molecule has 0 aliphatic carbocycles. The largest absolute Gasteiger partial charge is 0.494 e. The summed E-state index contributed by atoms with van der Waals surface area (Å²) in [6.07, 6.45) is 0.803. The topological polar surface area (TPSA) is 45.7 Å². The van der Waals surface area contributed by atoms with Crippen LogP contribution in [0, 0.1) is 0 Å². The highest BCUT2D eigenvalue weighted by Gasteiger charge is 2.23. The van der Waals surface area contributed by atoms with E-state index < -0.39 is 0 Å². The first-order valence-corrected chi connectivity index (χ1v) is 10.9. The second-order valence-electron chi connectivity index (χ2n) is 6.80. The van der Waals surface area contributed by atoms with E-state index in [1.54, 1.807) is 23.1 Å². The molecule has 0 spiro atoms. The molecule has 5 nitrogen and oxygen atoms in total. The minimum absolute atomic E-state index is 0.208. The fraction of sp³-hybridized carbons (Fsp3) is 0.333. The van der Waals surface area contributed by atoms with Gasteiger partial charge in [-0.25, -0.2) is 4.98 Å². The number of benzene rings is 2. The Kier molecular flexibility index (Phi) is 7.35. The Morgan fingerprint density at radius 2 is 1.93 bits per heavy atom. The second-order valence-corrected chi connectivity index (χ2v) is 8.65. The van der Waals surface area contributed by atoms with Crippen molar-refractivity contribution in [3.05, 3.63) is 52.0 Å². The molecular weight excluding hydrogens is 429 g/mol. The number of fused-ring (bicyclic) bond motifs is 1. The number of halogens is 2. The maximum atomic E-state index is 13.4. The zero-order valence-electron chi connectivity index (χ0n) is 16.6. The number of carbonyl (C=O) groups excluding carboxylic acids is 1. The summed E-state index contributed by atoms with van der Waals surface area (Å²) in [5, 5.41) is 1.47. The molecule has 2 aromatic carbocycles. The first-order chi connectivity index (χ1) is 13.9. The van der Waals surface area contributed by atoms with Gasteiger partial charge in [0.2, 0.25) is 0 Å². The number of ether oxygens (including phenoxy) is 1. The second kappa shape index (κ2) is 9.76. The molecule has 0 bridgehead atoms. The summed E-state index contributed by atoms with van der Waals surface area (Å²) in [7, 11) is 4.01. The van der Waals surface area contributed by atoms with Crippen LogP contribution in [-0.2, 0) is 0 Å². The molecule has 1 aromatic heterocycles. The molecule has 0 N–H and O–H groups in total. The molecule has 29 heavy (non-hydrogen) atoms. The van der Waals surface area contributed by atoms with Crippen molar-refractivity contribution in [1.29, 1.82) is 0 Å². The van der Waals surface area contributed by atoms with Gasteiger partial charge in [0, 0.05) is 11.6 Å². The van der Waals surface area contributed by atoms with Crippen LogP contribution in [0.2, 0.25) is 10.0 Å². The first kappa shape index (κ1) is 21.8. The number of hydrogen-bond acceptors (Lipinski definition) is 5. The molecule has 0 fully saturated rings. The maximum absolute atomic E-state index is 13.4. The van der Waals surface area contributed by atoms with E-state index >= 15 is 0 Å². The number of aromatic nitrogens is 1. The van der Waals surface area contributed by atoms with Crippen LogP contribution in [0.3, 0.4) is 0 Å². The third-order valence-electron chi connectivity index (χ3n) is 4.28. The fourth-order valence-electron chi connectivity index (χ4n) is 2.90. The monoisotopic (exact) mass is 451 g/mol. The van der Waals surface area contributed by atoms with Crippen LogP contribution in [0.1, 0.15) is 23.7 Å². The van der Waals surface area contributed by atoms with E-state index in [0.717, 1.165) is 28.9 Å². The first-order valence-electron chi connectivity index (χ1n) is 9.34. The summed E-state index contributed by atoms with van der Waals surface area (Å²) in [5.41, 5.74) is 1.20. The molecule has 0 radical (unpaired) electrons. The van der Waals surface area contributed by atoms with Crippen LogP contribution < -0.4 is 9.64 Å². The zero-order valence-corrected chi connectivity index (χ0v) is 18.9. The van der Waals surface area contributed by atoms with Gasteiger partial charge in [0.1, 0.15) is 5.75 Å². The number of anilines is 1. The van der Waals surface area contributed by atoms with E-state index in [1.165, 1.54) is 11.3 Å². The number of thiazole rings is 1. The van der Waals surface area contributed by atoms with E-state index in [1.807, 2.05) is 39.2 Å². The van der Waals surface area contributed by atoms with E-state index in [2.05, 4.69) is 9.88 Å². The van der Waals surface area contributed by atoms with Crippen molar-refractivity contribution in [2.45, 2.75) is 13.3 Å². The summed E-state index contributed by atoms with van der Waals surface area (Å²) in [4.78, 5) is 21.8. The lowest BCUT2D eigenvalue weighted by atomic mass is 10.2. The van der Waals surface area contributed by atoms with Crippen molar-refractivity contribution in [2.24, 2.45) is 0 Å². The average molecular weight is 452 g/mol. The van der Waals surface area contributed by atoms with E-state index in [-0.39, 0.29) is 5.91 Å². The Morgan fingerprint density at radius 1 is 1.14 bits per heavy atom. The highest BCUT2D eigenvalue weighted by Crippen LogP contribution is 2.33. The lowest BCUT2D eigenvalue weighted by molar-refractivity contribution is 0.0986. The number of nitrogens with zero attached hydrogens (tertiary/aromatic N) is 3. The third-order valence-corrected chi connectivity index (χ3v) is 5.89. The van der Waals surface area contributed by atoms with Crippen molar-refractivity contribution in [3.8, 4) is 5.75 Å². The standard InChI is InChI=1S/C21H23Cl2N3O2S/c1-4-28-15-7-9-18-19(13-15)29-21(24-18)26(11-5-10-25(2)3)20(27)16-12-14(22)6-8-17(16)23/h6-9,12-13H,4-5,10-11H2,1-3H3. The van der Waals surface area contributed by atoms with Crippen LogP contribution >= 0.6 is 34.5 Å². The molecule has 1 heterocycles. The van der Waals surface area contributed by atoms with Gasteiger partial charge < -0.3 is 9.64 Å². The predicted molar refractivity (Wildman–Crippen MR) is 122 cm³/mol. The van der Waals surface area contributed by atoms with Gasteiger partial charge in [-0.05, 0) is 70.4 Å². The fourth-order valence-corrected chi connectivity index (χ4v) is 4.29. The molecule has 8 heteroatoms. The van der Waals surface area contributed by atoms with Gasteiger partial charge in [0.25, 0.3) is 5.91 Å². The highest BCUT2D eigenvalue weighted by molar-refractivity contribution is 7.22. The van der Waals surface area contributed by atoms with Gasteiger partial charge in [0.15, 0.2) is 5.13 Å². The van der Waals surface area contributed by atoms with Gasteiger partial charge in [-0.1, -0.05) is 34.5 Å². The minimum atomic E-state index is -0.208. The number of rotatable bonds is 8. The highest BCUT2D eigenvalue weighted by atomic mass is 35.5. The molecule has 0 aliphatic rings. The molecule has 3 rings (SSSR count). The Balaban J connectivity index is 1.97. The van der Waals surface area contributed by atoms with Gasteiger partial charge in [-0.3, -0.25) is 9.69 Å². The van der Waals surface area contributed by atoms with Crippen LogP contribution in [-0.4, -0.2) is 49.6 Å². The third kappa shape index (κ3) is 5.39. The predicted octanol–water partition coefficient (Wildman–Crippen LogP) is 5.60. The lowest BCUT2D eigenvalue weighted by Crippen LogP contribution is -2.33. The minimum Gasteiger partial charge on any atom is -0.494 e. The Bertz CT molecular complexity index is 1010. The van der Waals surface area contributed by atoms with Gasteiger partial charge >= 0.3 is 0 Å². The number of amides is 1. The Hall–Kier alpha value is -1.86. The van der Waals surface area contributed by atoms with Crippen molar-refractivity contribution >= 4 is 55.8 Å². The Labute approximate surface area is 184 Å². The van der Waals surface area contributed by atoms with E-state index in [9.17, 15) is 4.79 Å². The molecule has 0 aliphatic heterocycles. The quantitative estimate of drug-likeness (QED) is 0.446. The molecule has 0 atom stereocenters. The van der Waals surface area contributed by atoms with Gasteiger partial charge in [-0.2, -0.15) is 0 Å². The number of hydrogen-bond donors (Lipinski definition) is 0. The van der Waals surface area contributed by atoms with Crippen LogP contribution in [0.5, 0.6) is 5.75 Å². The van der Waals surface area contributed by atoms with Gasteiger partial charge in [0.05, 0.1) is 27.4 Å². The van der Waals surface area contributed by atoms with Gasteiger partial charge in [-0.15, -0.1) is 0 Å². The van der Waals surface area contributed by atoms with Crippen molar-refractivity contribution in [3.63, 3.8) is 0 Å². The van der Waals surface area contributed by atoms with Crippen LogP contribution in [0.4, 0.5) is 5.13 Å². The summed E-state index contributed by atoms with van der Waals surface area (Å²) >= 11 is 13.9. The summed E-state index contributed by atoms with van der Waals surface area (Å²) in [6.45, 7) is 3.92. The van der Waals surface area contributed by atoms with Crippen LogP contribution in [0.15, 0.2) is 36.4 Å². The van der Waals surface area contributed by atoms with Crippen molar-refractivity contribution in [2.75, 3.05) is 38.7 Å². The normalized spacial score (nSPS) is 11.2. The summed E-state index contributed by atoms with van der Waals surface area (Å²) in [6, 6.07) is 10.7. The Morgan fingerprint density at radius 3 is 2.66 bits per heavy atom. The summed E-state index contributed by atoms with van der Waals surface area (Å²) < 4.78 is 6.55. The summed E-state index contributed by atoms with van der Waals surface area (Å²) in [5.74, 6) is 0.582. The molecule has 154 valence electrons. The van der Waals surface area contributed by atoms with Crippen LogP contribution in [0.25, 0.3) is 10.2 Å². The molecule has 0 saturated carbocycles. The average Bonchev–Trinajstić information content (AvgIpc) is 3.09.